The van der Waals surface area contributed by atoms with Crippen LogP contribution in [0.2, 0.25) is 0 Å². The lowest BCUT2D eigenvalue weighted by Crippen LogP contribution is -2.30. The second kappa shape index (κ2) is 8.41. The maximum absolute atomic E-state index is 12.3. The molecular formula is C19H26Cl2N2O2. The van der Waals surface area contributed by atoms with Crippen LogP contribution in [0.15, 0.2) is 29.4 Å². The van der Waals surface area contributed by atoms with Gasteiger partial charge in [-0.3, -0.25) is 4.79 Å². The Bertz CT molecular complexity index is 629. The minimum absolute atomic E-state index is 0.241. The number of carbonyl (C=O) groups excluding carboxylic acids is 1. The summed E-state index contributed by atoms with van der Waals surface area (Å²) >= 11 is 12.1. The van der Waals surface area contributed by atoms with Crippen molar-refractivity contribution in [2.75, 3.05) is 6.61 Å². The van der Waals surface area contributed by atoms with Crippen molar-refractivity contribution in [1.29, 1.82) is 0 Å². The summed E-state index contributed by atoms with van der Waals surface area (Å²) in [5.74, 6) is 0.596. The summed E-state index contributed by atoms with van der Waals surface area (Å²) in [6.07, 6.45) is 4.25. The standard InChI is InChI=1S/C19H26Cl2N2O2/c1-4-6-7-16(14-8-10-15(11-9-14)25-12-5-2)22-23-17(24)18(3)13-19(18,20)21/h8-11H,4-7,12-13H2,1-3H3,(H,23,24)/b22-16-. The number of rotatable bonds is 9. The van der Waals surface area contributed by atoms with Gasteiger partial charge in [-0.2, -0.15) is 5.10 Å². The van der Waals surface area contributed by atoms with E-state index < -0.39 is 9.75 Å². The molecule has 0 heterocycles. The van der Waals surface area contributed by atoms with Gasteiger partial charge in [0.15, 0.2) is 0 Å². The smallest absolute Gasteiger partial charge is 0.249 e. The molecule has 0 radical (unpaired) electrons. The number of amides is 1. The molecule has 25 heavy (non-hydrogen) atoms. The number of carbonyl (C=O) groups is 1. The van der Waals surface area contributed by atoms with Gasteiger partial charge in [0.05, 0.1) is 17.7 Å². The summed E-state index contributed by atoms with van der Waals surface area (Å²) in [6.45, 7) is 6.65. The summed E-state index contributed by atoms with van der Waals surface area (Å²) in [4.78, 5) is 12.3. The third kappa shape index (κ3) is 4.89. The highest BCUT2D eigenvalue weighted by molar-refractivity contribution is 6.53. The highest BCUT2D eigenvalue weighted by Crippen LogP contribution is 2.63. The van der Waals surface area contributed by atoms with E-state index in [-0.39, 0.29) is 5.91 Å². The first kappa shape index (κ1) is 20.1. The van der Waals surface area contributed by atoms with E-state index in [1.165, 1.54) is 0 Å². The fourth-order valence-electron chi connectivity index (χ4n) is 2.46. The average Bonchev–Trinajstić information content (AvgIpc) is 3.13. The minimum Gasteiger partial charge on any atom is -0.494 e. The zero-order valence-electron chi connectivity index (χ0n) is 15.1. The molecule has 138 valence electrons. The number of ether oxygens (including phenoxy) is 1. The first-order chi connectivity index (χ1) is 11.8. The van der Waals surface area contributed by atoms with Gasteiger partial charge in [-0.25, -0.2) is 5.43 Å². The van der Waals surface area contributed by atoms with Gasteiger partial charge in [-0.05, 0) is 62.4 Å². The molecule has 0 aliphatic heterocycles. The van der Waals surface area contributed by atoms with Crippen molar-refractivity contribution in [3.8, 4) is 5.75 Å². The van der Waals surface area contributed by atoms with E-state index in [9.17, 15) is 4.79 Å². The van der Waals surface area contributed by atoms with Crippen LogP contribution in [0, 0.1) is 5.41 Å². The van der Waals surface area contributed by atoms with Crippen molar-refractivity contribution in [3.05, 3.63) is 29.8 Å². The van der Waals surface area contributed by atoms with Crippen LogP contribution in [0.1, 0.15) is 58.4 Å². The van der Waals surface area contributed by atoms with Crippen molar-refractivity contribution in [2.45, 2.75) is 57.2 Å². The molecule has 4 nitrogen and oxygen atoms in total. The number of hydrogen-bond donors (Lipinski definition) is 1. The van der Waals surface area contributed by atoms with Crippen molar-refractivity contribution in [3.63, 3.8) is 0 Å². The molecule has 1 atom stereocenters. The summed E-state index contributed by atoms with van der Waals surface area (Å²) in [5.41, 5.74) is 3.69. The van der Waals surface area contributed by atoms with Gasteiger partial charge in [0, 0.05) is 0 Å². The monoisotopic (exact) mass is 384 g/mol. The normalized spacial score (nSPS) is 21.7. The summed E-state index contributed by atoms with van der Waals surface area (Å²) in [5, 5.41) is 4.35. The van der Waals surface area contributed by atoms with Crippen molar-refractivity contribution < 1.29 is 9.53 Å². The predicted octanol–water partition coefficient (Wildman–Crippen LogP) is 5.07. The van der Waals surface area contributed by atoms with Crippen LogP contribution in [0.4, 0.5) is 0 Å². The largest absolute Gasteiger partial charge is 0.494 e. The summed E-state index contributed by atoms with van der Waals surface area (Å²) in [7, 11) is 0. The minimum atomic E-state index is -0.992. The highest BCUT2D eigenvalue weighted by atomic mass is 35.5. The lowest BCUT2D eigenvalue weighted by molar-refractivity contribution is -0.125. The van der Waals surface area contributed by atoms with Gasteiger partial charge in [0.1, 0.15) is 10.1 Å². The Kier molecular flexibility index (Phi) is 6.75. The quantitative estimate of drug-likeness (QED) is 0.367. The average molecular weight is 385 g/mol. The van der Waals surface area contributed by atoms with E-state index >= 15 is 0 Å². The molecule has 1 saturated carbocycles. The van der Waals surface area contributed by atoms with E-state index in [0.717, 1.165) is 42.7 Å². The molecule has 0 spiro atoms. The Balaban J connectivity index is 2.08. The maximum atomic E-state index is 12.3. The summed E-state index contributed by atoms with van der Waals surface area (Å²) < 4.78 is 4.61. The van der Waals surface area contributed by atoms with Crippen LogP contribution in [0.5, 0.6) is 5.75 Å². The third-order valence-electron chi connectivity index (χ3n) is 4.48. The van der Waals surface area contributed by atoms with Crippen LogP contribution < -0.4 is 10.2 Å². The van der Waals surface area contributed by atoms with E-state index in [2.05, 4.69) is 24.4 Å². The number of nitrogens with zero attached hydrogens (tertiary/aromatic N) is 1. The Morgan fingerprint density at radius 3 is 2.40 bits per heavy atom. The second-order valence-electron chi connectivity index (χ2n) is 6.69. The Labute approximate surface area is 159 Å². The summed E-state index contributed by atoms with van der Waals surface area (Å²) in [6, 6.07) is 7.80. The fourth-order valence-corrected chi connectivity index (χ4v) is 3.17. The van der Waals surface area contributed by atoms with Gasteiger partial charge in [0.2, 0.25) is 5.91 Å². The van der Waals surface area contributed by atoms with Crippen LogP contribution in [-0.4, -0.2) is 22.6 Å². The molecule has 1 aromatic rings. The van der Waals surface area contributed by atoms with Gasteiger partial charge in [0.25, 0.3) is 0 Å². The lowest BCUT2D eigenvalue weighted by atomic mass is 10.0. The van der Waals surface area contributed by atoms with Gasteiger partial charge in [-0.15, -0.1) is 23.2 Å². The molecule has 1 aromatic carbocycles. The van der Waals surface area contributed by atoms with Gasteiger partial charge < -0.3 is 4.74 Å². The van der Waals surface area contributed by atoms with Gasteiger partial charge >= 0.3 is 0 Å². The van der Waals surface area contributed by atoms with Crippen molar-refractivity contribution in [1.82, 2.24) is 5.43 Å². The molecule has 1 N–H and O–H groups in total. The Morgan fingerprint density at radius 1 is 1.24 bits per heavy atom. The van der Waals surface area contributed by atoms with E-state index in [4.69, 9.17) is 27.9 Å². The highest BCUT2D eigenvalue weighted by Gasteiger charge is 2.68. The molecule has 2 rings (SSSR count). The topological polar surface area (TPSA) is 50.7 Å². The molecule has 0 bridgehead atoms. The molecule has 0 saturated heterocycles. The molecule has 1 amide bonds. The number of unbranched alkanes of at least 4 members (excludes halogenated alkanes) is 1. The van der Waals surface area contributed by atoms with Gasteiger partial charge in [-0.1, -0.05) is 20.3 Å². The number of nitrogens with one attached hydrogen (secondary N) is 1. The number of benzene rings is 1. The molecule has 1 fully saturated rings. The number of hydrazone groups is 1. The first-order valence-electron chi connectivity index (χ1n) is 8.82. The molecule has 6 heteroatoms. The van der Waals surface area contributed by atoms with Crippen LogP contribution in [0.3, 0.4) is 0 Å². The zero-order valence-corrected chi connectivity index (χ0v) is 16.6. The maximum Gasteiger partial charge on any atom is 0.249 e. The number of halogens is 2. The SMILES string of the molecule is CCCC/C(=N/NC(=O)C1(C)CC1(Cl)Cl)c1ccc(OCCC)cc1. The lowest BCUT2D eigenvalue weighted by Gasteiger charge is -2.12. The third-order valence-corrected chi connectivity index (χ3v) is 5.58. The van der Waals surface area contributed by atoms with E-state index in [1.807, 2.05) is 24.3 Å². The number of hydrogen-bond acceptors (Lipinski definition) is 3. The Morgan fingerprint density at radius 2 is 1.88 bits per heavy atom. The second-order valence-corrected chi connectivity index (χ2v) is 8.17. The van der Waals surface area contributed by atoms with Crippen LogP contribution >= 0.6 is 23.2 Å². The molecule has 1 unspecified atom stereocenters. The Hall–Kier alpha value is -1.26. The fraction of sp³-hybridized carbons (Fsp3) is 0.579. The van der Waals surface area contributed by atoms with E-state index in [1.54, 1.807) is 6.92 Å². The van der Waals surface area contributed by atoms with Crippen LogP contribution in [0.25, 0.3) is 0 Å². The van der Waals surface area contributed by atoms with E-state index in [0.29, 0.717) is 13.0 Å². The zero-order chi connectivity index (χ0) is 18.5. The molecule has 1 aliphatic rings. The molecular weight excluding hydrogens is 359 g/mol. The van der Waals surface area contributed by atoms with Crippen molar-refractivity contribution >= 4 is 34.8 Å². The number of alkyl halides is 2. The first-order valence-corrected chi connectivity index (χ1v) is 9.57. The van der Waals surface area contributed by atoms with Crippen molar-refractivity contribution in [2.24, 2.45) is 10.5 Å². The van der Waals surface area contributed by atoms with Crippen LogP contribution in [-0.2, 0) is 4.79 Å². The molecule has 1 aliphatic carbocycles. The molecule has 0 aromatic heterocycles. The predicted molar refractivity (Wildman–Crippen MR) is 104 cm³/mol.